The smallest absolute Gasteiger partial charge is 0.406 e. The Kier molecular flexibility index (Phi) is 4.06. The lowest BCUT2D eigenvalue weighted by molar-refractivity contribution is -0.274. The number of nitrogens with zero attached hydrogens (tertiary/aromatic N) is 3. The summed E-state index contributed by atoms with van der Waals surface area (Å²) in [7, 11) is 0. The minimum Gasteiger partial charge on any atom is -0.406 e. The number of rotatable bonds is 4. The maximum absolute atomic E-state index is 12.3. The highest BCUT2D eigenvalue weighted by atomic mass is 19.4. The van der Waals surface area contributed by atoms with Gasteiger partial charge >= 0.3 is 6.36 Å². The van der Waals surface area contributed by atoms with E-state index in [-0.39, 0.29) is 5.75 Å². The molecule has 2 aromatic carbocycles. The molecule has 7 heteroatoms. The molecule has 0 amide bonds. The van der Waals surface area contributed by atoms with E-state index >= 15 is 0 Å². The van der Waals surface area contributed by atoms with Crippen LogP contribution in [0.2, 0.25) is 0 Å². The normalized spacial score (nSPS) is 13.6. The summed E-state index contributed by atoms with van der Waals surface area (Å²) < 4.78 is 40.9. The minimum atomic E-state index is -4.70. The third-order valence-electron chi connectivity index (χ3n) is 4.13. The van der Waals surface area contributed by atoms with Crippen molar-refractivity contribution >= 4 is 22.4 Å². The van der Waals surface area contributed by atoms with Crippen molar-refractivity contribution in [3.63, 3.8) is 0 Å². The van der Waals surface area contributed by atoms with Gasteiger partial charge in [0.2, 0.25) is 0 Å². The monoisotopic (exact) mass is 357 g/mol. The third-order valence-corrected chi connectivity index (χ3v) is 4.13. The van der Waals surface area contributed by atoms with Crippen molar-refractivity contribution in [1.82, 2.24) is 9.97 Å². The van der Waals surface area contributed by atoms with Gasteiger partial charge in [0, 0.05) is 24.4 Å². The quantitative estimate of drug-likeness (QED) is 0.674. The van der Waals surface area contributed by atoms with E-state index < -0.39 is 6.36 Å². The van der Waals surface area contributed by atoms with Gasteiger partial charge in [-0.1, -0.05) is 18.2 Å². The molecule has 0 bridgehead atoms. The summed E-state index contributed by atoms with van der Waals surface area (Å²) in [5.41, 5.74) is 4.91. The van der Waals surface area contributed by atoms with E-state index in [1.807, 2.05) is 24.3 Å². The molecule has 0 radical (unpaired) electrons. The molecule has 0 saturated heterocycles. The number of hydrogen-bond acceptors (Lipinski definition) is 4. The average Bonchev–Trinajstić information content (AvgIpc) is 3.00. The maximum Gasteiger partial charge on any atom is 0.573 e. The molecular formula is C19H14F3N3O. The lowest BCUT2D eigenvalue weighted by Crippen LogP contribution is -2.17. The van der Waals surface area contributed by atoms with Gasteiger partial charge in [-0.05, 0) is 36.6 Å². The third kappa shape index (κ3) is 3.66. The molecule has 0 saturated carbocycles. The summed E-state index contributed by atoms with van der Waals surface area (Å²) in [5, 5.41) is 0. The Bertz CT molecular complexity index is 999. The van der Waals surface area contributed by atoms with E-state index in [9.17, 15) is 13.2 Å². The van der Waals surface area contributed by atoms with Crippen LogP contribution in [-0.4, -0.2) is 22.0 Å². The first kappa shape index (κ1) is 16.5. The first-order chi connectivity index (χ1) is 12.5. The largest absolute Gasteiger partial charge is 0.573 e. The number of aryl methyl sites for hydroxylation is 1. The van der Waals surface area contributed by atoms with Gasteiger partial charge in [-0.3, -0.25) is 9.98 Å². The van der Waals surface area contributed by atoms with Crippen LogP contribution in [0.5, 0.6) is 5.75 Å². The Morgan fingerprint density at radius 2 is 1.81 bits per heavy atom. The molecular weight excluding hydrogens is 343 g/mol. The highest BCUT2D eigenvalue weighted by Crippen LogP contribution is 2.33. The predicted molar refractivity (Wildman–Crippen MR) is 91.8 cm³/mol. The van der Waals surface area contributed by atoms with Crippen molar-refractivity contribution in [1.29, 1.82) is 0 Å². The Hall–Kier alpha value is -2.96. The van der Waals surface area contributed by atoms with Crippen LogP contribution in [-0.2, 0) is 12.8 Å². The number of halogens is 3. The molecule has 26 heavy (non-hydrogen) atoms. The van der Waals surface area contributed by atoms with Gasteiger partial charge in [0.15, 0.2) is 0 Å². The predicted octanol–water partition coefficient (Wildman–Crippen LogP) is 4.79. The zero-order chi connectivity index (χ0) is 18.1. The van der Waals surface area contributed by atoms with Crippen LogP contribution in [0.4, 0.5) is 18.9 Å². The van der Waals surface area contributed by atoms with E-state index in [4.69, 9.17) is 0 Å². The zero-order valence-corrected chi connectivity index (χ0v) is 13.6. The lowest BCUT2D eigenvalue weighted by Gasteiger charge is -2.09. The lowest BCUT2D eigenvalue weighted by atomic mass is 10.1. The summed E-state index contributed by atoms with van der Waals surface area (Å²) in [6, 6.07) is 11.9. The van der Waals surface area contributed by atoms with Crippen LogP contribution in [0, 0.1) is 0 Å². The number of hydrogen-bond donors (Lipinski definition) is 0. The molecule has 0 N–H and O–H groups in total. The second kappa shape index (κ2) is 6.40. The molecule has 3 aromatic rings. The molecule has 1 aliphatic rings. The van der Waals surface area contributed by atoms with Gasteiger partial charge < -0.3 is 4.74 Å². The molecule has 0 unspecified atom stereocenters. The highest BCUT2D eigenvalue weighted by molar-refractivity contribution is 5.94. The van der Waals surface area contributed by atoms with Crippen molar-refractivity contribution < 1.29 is 17.9 Å². The molecule has 0 aliphatic carbocycles. The van der Waals surface area contributed by atoms with E-state index in [0.29, 0.717) is 24.9 Å². The van der Waals surface area contributed by atoms with E-state index in [1.54, 1.807) is 12.3 Å². The van der Waals surface area contributed by atoms with Crippen LogP contribution in [0.25, 0.3) is 11.0 Å². The maximum atomic E-state index is 12.3. The molecule has 4 nitrogen and oxygen atoms in total. The molecule has 132 valence electrons. The SMILES string of the molecule is FC(F)(F)Oc1ccc2c(c1)N=C(CCc1cnc3ccccc3n1)C2. The number of ether oxygens (including phenoxy) is 1. The average molecular weight is 357 g/mol. The molecule has 0 fully saturated rings. The van der Waals surface area contributed by atoms with E-state index in [2.05, 4.69) is 19.7 Å². The topological polar surface area (TPSA) is 47.4 Å². The summed E-state index contributed by atoms with van der Waals surface area (Å²) in [6.45, 7) is 0. The number of aromatic nitrogens is 2. The van der Waals surface area contributed by atoms with Crippen LogP contribution in [0.3, 0.4) is 0 Å². The second-order valence-corrected chi connectivity index (χ2v) is 6.04. The van der Waals surface area contributed by atoms with Crippen LogP contribution >= 0.6 is 0 Å². The van der Waals surface area contributed by atoms with E-state index in [0.717, 1.165) is 28.0 Å². The van der Waals surface area contributed by atoms with Gasteiger partial charge in [0.25, 0.3) is 0 Å². The van der Waals surface area contributed by atoms with Crippen molar-refractivity contribution in [2.75, 3.05) is 0 Å². The van der Waals surface area contributed by atoms with Crippen molar-refractivity contribution in [3.05, 3.63) is 59.9 Å². The summed E-state index contributed by atoms with van der Waals surface area (Å²) in [5.74, 6) is -0.248. The Balaban J connectivity index is 1.45. The van der Waals surface area contributed by atoms with Crippen molar-refractivity contribution in [2.24, 2.45) is 4.99 Å². The molecule has 1 aliphatic heterocycles. The highest BCUT2D eigenvalue weighted by Gasteiger charge is 2.31. The molecule has 0 atom stereocenters. The van der Waals surface area contributed by atoms with Crippen molar-refractivity contribution in [2.45, 2.75) is 25.6 Å². The Morgan fingerprint density at radius 3 is 2.62 bits per heavy atom. The fourth-order valence-electron chi connectivity index (χ4n) is 2.96. The van der Waals surface area contributed by atoms with Gasteiger partial charge in [-0.25, -0.2) is 4.98 Å². The van der Waals surface area contributed by atoms with Gasteiger partial charge in [-0.2, -0.15) is 0 Å². The first-order valence-electron chi connectivity index (χ1n) is 8.12. The summed E-state index contributed by atoms with van der Waals surface area (Å²) >= 11 is 0. The number of para-hydroxylation sites is 2. The Labute approximate surface area is 147 Å². The van der Waals surface area contributed by atoms with Crippen LogP contribution < -0.4 is 4.74 Å². The minimum absolute atomic E-state index is 0.248. The van der Waals surface area contributed by atoms with Crippen LogP contribution in [0.1, 0.15) is 17.7 Å². The summed E-state index contributed by atoms with van der Waals surface area (Å²) in [6.07, 6.45) is -0.967. The Morgan fingerprint density at radius 1 is 1.00 bits per heavy atom. The zero-order valence-electron chi connectivity index (χ0n) is 13.6. The van der Waals surface area contributed by atoms with Gasteiger partial charge in [-0.15, -0.1) is 13.2 Å². The molecule has 1 aromatic heterocycles. The standard InChI is InChI=1S/C19H14F3N3O/c20-19(21,22)26-15-8-5-12-9-13(24-18(12)10-15)6-7-14-11-23-16-3-1-2-4-17(16)25-14/h1-5,8,10-11H,6-7,9H2. The number of benzene rings is 2. The molecule has 4 rings (SSSR count). The fourth-order valence-corrected chi connectivity index (χ4v) is 2.96. The number of aliphatic imine (C=N–C) groups is 1. The first-order valence-corrected chi connectivity index (χ1v) is 8.12. The second-order valence-electron chi connectivity index (χ2n) is 6.04. The molecule has 0 spiro atoms. The summed E-state index contributed by atoms with van der Waals surface area (Å²) in [4.78, 5) is 13.4. The van der Waals surface area contributed by atoms with Crippen molar-refractivity contribution in [3.8, 4) is 5.75 Å². The number of fused-ring (bicyclic) bond motifs is 2. The molecule has 2 heterocycles. The number of alkyl halides is 3. The fraction of sp³-hybridized carbons (Fsp3) is 0.211. The van der Waals surface area contributed by atoms with E-state index in [1.165, 1.54) is 12.1 Å². The van der Waals surface area contributed by atoms with Gasteiger partial charge in [0.1, 0.15) is 5.75 Å². The van der Waals surface area contributed by atoms with Crippen LogP contribution in [0.15, 0.2) is 53.7 Å². The van der Waals surface area contributed by atoms with Gasteiger partial charge in [0.05, 0.1) is 22.4 Å².